The monoisotopic (exact) mass is 290 g/mol. The van der Waals surface area contributed by atoms with Crippen LogP contribution in [0.4, 0.5) is 11.8 Å². The Morgan fingerprint density at radius 3 is 2.95 bits per heavy atom. The fraction of sp³-hybridized carbons (Fsp3) is 0.600. The maximum absolute atomic E-state index is 4.63. The Labute approximate surface area is 124 Å². The molecule has 2 aromatic rings. The molecule has 1 aliphatic carbocycles. The summed E-state index contributed by atoms with van der Waals surface area (Å²) >= 11 is 1.67. The van der Waals surface area contributed by atoms with Gasteiger partial charge in [-0.05, 0) is 30.2 Å². The predicted molar refractivity (Wildman–Crippen MR) is 86.6 cm³/mol. The number of nitrogens with zero attached hydrogens (tertiary/aromatic N) is 2. The molecule has 5 heteroatoms. The standard InChI is InChI=1S/C15H22N4S/c1-3-10-6-4-5-7-12(10)17-13-11-8-9-20-14(11)19-15(16-2)18-13/h8-10,12H,3-7H2,1-2H3,(H2,16,17,18,19). The Bertz CT molecular complexity index is 580. The van der Waals surface area contributed by atoms with E-state index in [-0.39, 0.29) is 0 Å². The largest absolute Gasteiger partial charge is 0.366 e. The Morgan fingerprint density at radius 2 is 2.15 bits per heavy atom. The number of fused-ring (bicyclic) bond motifs is 1. The zero-order valence-corrected chi connectivity index (χ0v) is 13.0. The predicted octanol–water partition coefficient (Wildman–Crippen LogP) is 4.11. The molecule has 0 aliphatic heterocycles. The van der Waals surface area contributed by atoms with Gasteiger partial charge in [-0.25, -0.2) is 4.98 Å². The molecule has 4 nitrogen and oxygen atoms in total. The topological polar surface area (TPSA) is 49.8 Å². The fourth-order valence-electron chi connectivity index (χ4n) is 3.14. The molecule has 2 N–H and O–H groups in total. The average molecular weight is 290 g/mol. The van der Waals surface area contributed by atoms with Crippen molar-refractivity contribution in [2.45, 2.75) is 45.1 Å². The van der Waals surface area contributed by atoms with Gasteiger partial charge in [-0.3, -0.25) is 0 Å². The van der Waals surface area contributed by atoms with Crippen LogP contribution in [0.5, 0.6) is 0 Å². The van der Waals surface area contributed by atoms with Gasteiger partial charge in [-0.1, -0.05) is 26.2 Å². The third-order valence-corrected chi connectivity index (χ3v) is 5.11. The average Bonchev–Trinajstić information content (AvgIpc) is 2.96. The molecule has 1 fully saturated rings. The van der Waals surface area contributed by atoms with Crippen LogP contribution in [0.15, 0.2) is 11.4 Å². The third kappa shape index (κ3) is 2.59. The number of nitrogens with one attached hydrogen (secondary N) is 2. The number of rotatable bonds is 4. The fourth-order valence-corrected chi connectivity index (χ4v) is 3.90. The van der Waals surface area contributed by atoms with Gasteiger partial charge in [0.15, 0.2) is 0 Å². The van der Waals surface area contributed by atoms with Crippen LogP contribution in [-0.4, -0.2) is 23.1 Å². The summed E-state index contributed by atoms with van der Waals surface area (Å²) in [6, 6.07) is 2.67. The molecule has 108 valence electrons. The SMILES string of the molecule is CCC1CCCCC1Nc1nc(NC)nc2sccc12. The van der Waals surface area contributed by atoms with Crippen LogP contribution in [0.2, 0.25) is 0 Å². The van der Waals surface area contributed by atoms with E-state index in [0.717, 1.165) is 22.0 Å². The molecule has 3 rings (SSSR count). The van der Waals surface area contributed by atoms with Gasteiger partial charge >= 0.3 is 0 Å². The Kier molecular flexibility index (Phi) is 4.05. The van der Waals surface area contributed by atoms with E-state index >= 15 is 0 Å². The molecule has 1 saturated carbocycles. The summed E-state index contributed by atoms with van der Waals surface area (Å²) in [7, 11) is 1.87. The van der Waals surface area contributed by atoms with E-state index < -0.39 is 0 Å². The minimum atomic E-state index is 0.552. The second kappa shape index (κ2) is 5.95. The normalized spacial score (nSPS) is 22.9. The molecule has 0 amide bonds. The molecule has 2 atom stereocenters. The van der Waals surface area contributed by atoms with Crippen LogP contribution in [0, 0.1) is 5.92 Å². The number of aromatic nitrogens is 2. The molecule has 2 aromatic heterocycles. The van der Waals surface area contributed by atoms with Crippen molar-refractivity contribution in [2.24, 2.45) is 5.92 Å². The lowest BCUT2D eigenvalue weighted by atomic mass is 9.83. The van der Waals surface area contributed by atoms with Gasteiger partial charge in [0.25, 0.3) is 0 Å². The summed E-state index contributed by atoms with van der Waals surface area (Å²) in [4.78, 5) is 10.2. The first-order valence-corrected chi connectivity index (χ1v) is 8.39. The number of thiophene rings is 1. The molecule has 0 radical (unpaired) electrons. The lowest BCUT2D eigenvalue weighted by Crippen LogP contribution is -2.32. The summed E-state index contributed by atoms with van der Waals surface area (Å²) in [5, 5.41) is 9.99. The quantitative estimate of drug-likeness (QED) is 0.889. The van der Waals surface area contributed by atoms with Crippen molar-refractivity contribution in [3.8, 4) is 0 Å². The van der Waals surface area contributed by atoms with Crippen LogP contribution in [0.3, 0.4) is 0 Å². The Balaban J connectivity index is 1.90. The van der Waals surface area contributed by atoms with E-state index in [9.17, 15) is 0 Å². The van der Waals surface area contributed by atoms with E-state index in [1.165, 1.54) is 32.1 Å². The molecule has 0 saturated heterocycles. The van der Waals surface area contributed by atoms with Gasteiger partial charge in [0.2, 0.25) is 5.95 Å². The second-order valence-corrected chi connectivity index (χ2v) is 6.38. The molecule has 2 unspecified atom stereocenters. The molecule has 0 aromatic carbocycles. The summed E-state index contributed by atoms with van der Waals surface area (Å²) in [6.45, 7) is 2.30. The first-order valence-electron chi connectivity index (χ1n) is 7.51. The van der Waals surface area contributed by atoms with Gasteiger partial charge in [0, 0.05) is 13.1 Å². The molecule has 20 heavy (non-hydrogen) atoms. The summed E-state index contributed by atoms with van der Waals surface area (Å²) in [5.41, 5.74) is 0. The second-order valence-electron chi connectivity index (χ2n) is 5.49. The van der Waals surface area contributed by atoms with Crippen molar-refractivity contribution in [3.63, 3.8) is 0 Å². The first-order chi connectivity index (χ1) is 9.81. The zero-order valence-electron chi connectivity index (χ0n) is 12.1. The minimum absolute atomic E-state index is 0.552. The first kappa shape index (κ1) is 13.6. The molecule has 1 aliphatic rings. The van der Waals surface area contributed by atoms with Crippen molar-refractivity contribution in [1.29, 1.82) is 0 Å². The summed E-state index contributed by atoms with van der Waals surface area (Å²) in [6.07, 6.45) is 6.53. The molecule has 2 heterocycles. The molecular weight excluding hydrogens is 268 g/mol. The molecular formula is C15H22N4S. The van der Waals surface area contributed by atoms with E-state index in [4.69, 9.17) is 0 Å². The number of anilines is 2. The lowest BCUT2D eigenvalue weighted by molar-refractivity contribution is 0.317. The minimum Gasteiger partial charge on any atom is -0.366 e. The van der Waals surface area contributed by atoms with Crippen molar-refractivity contribution in [2.75, 3.05) is 17.7 Å². The van der Waals surface area contributed by atoms with Gasteiger partial charge in [-0.2, -0.15) is 4.98 Å². The van der Waals surface area contributed by atoms with Crippen LogP contribution in [0.1, 0.15) is 39.0 Å². The van der Waals surface area contributed by atoms with Crippen molar-refractivity contribution < 1.29 is 0 Å². The maximum atomic E-state index is 4.63. The van der Waals surface area contributed by atoms with E-state index in [1.807, 2.05) is 7.05 Å². The smallest absolute Gasteiger partial charge is 0.225 e. The lowest BCUT2D eigenvalue weighted by Gasteiger charge is -2.32. The summed E-state index contributed by atoms with van der Waals surface area (Å²) in [5.74, 6) is 2.46. The highest BCUT2D eigenvalue weighted by atomic mass is 32.1. The molecule has 0 spiro atoms. The van der Waals surface area contributed by atoms with Gasteiger partial charge in [0.1, 0.15) is 10.6 Å². The van der Waals surface area contributed by atoms with Crippen molar-refractivity contribution in [3.05, 3.63) is 11.4 Å². The Morgan fingerprint density at radius 1 is 1.30 bits per heavy atom. The van der Waals surface area contributed by atoms with Gasteiger partial charge in [-0.15, -0.1) is 11.3 Å². The van der Waals surface area contributed by atoms with Crippen LogP contribution >= 0.6 is 11.3 Å². The van der Waals surface area contributed by atoms with E-state index in [0.29, 0.717) is 12.0 Å². The highest BCUT2D eigenvalue weighted by Crippen LogP contribution is 2.32. The van der Waals surface area contributed by atoms with Crippen LogP contribution in [-0.2, 0) is 0 Å². The maximum Gasteiger partial charge on any atom is 0.225 e. The van der Waals surface area contributed by atoms with Gasteiger partial charge < -0.3 is 10.6 Å². The Hall–Kier alpha value is -1.36. The van der Waals surface area contributed by atoms with Crippen LogP contribution in [0.25, 0.3) is 10.2 Å². The number of hydrogen-bond donors (Lipinski definition) is 2. The zero-order chi connectivity index (χ0) is 13.9. The van der Waals surface area contributed by atoms with Gasteiger partial charge in [0.05, 0.1) is 5.39 Å². The number of hydrogen-bond acceptors (Lipinski definition) is 5. The summed E-state index contributed by atoms with van der Waals surface area (Å²) < 4.78 is 0. The van der Waals surface area contributed by atoms with E-state index in [1.54, 1.807) is 11.3 Å². The van der Waals surface area contributed by atoms with E-state index in [2.05, 4.69) is 39.0 Å². The highest BCUT2D eigenvalue weighted by Gasteiger charge is 2.24. The highest BCUT2D eigenvalue weighted by molar-refractivity contribution is 7.16. The molecule has 0 bridgehead atoms. The third-order valence-electron chi connectivity index (χ3n) is 4.30. The van der Waals surface area contributed by atoms with Crippen molar-refractivity contribution >= 4 is 33.3 Å². The van der Waals surface area contributed by atoms with Crippen LogP contribution < -0.4 is 10.6 Å². The van der Waals surface area contributed by atoms with Crippen molar-refractivity contribution in [1.82, 2.24) is 9.97 Å².